The first-order valence-corrected chi connectivity index (χ1v) is 10.4. The van der Waals surface area contributed by atoms with Gasteiger partial charge in [-0.05, 0) is 65.4 Å². The Morgan fingerprint density at radius 1 is 1.12 bits per heavy atom. The zero-order chi connectivity index (χ0) is 18.2. The highest BCUT2D eigenvalue weighted by Crippen LogP contribution is 2.19. The summed E-state index contributed by atoms with van der Waals surface area (Å²) in [6.45, 7) is 7.44. The molecular weight excluding hydrogens is 340 g/mol. The van der Waals surface area contributed by atoms with Gasteiger partial charge in [0.15, 0.2) is 5.96 Å². The first-order valence-electron chi connectivity index (χ1n) is 9.49. The molecule has 0 unspecified atom stereocenters. The zero-order valence-corrected chi connectivity index (χ0v) is 16.7. The molecule has 0 saturated carbocycles. The minimum atomic E-state index is 0.795. The highest BCUT2D eigenvalue weighted by atomic mass is 32.1. The van der Waals surface area contributed by atoms with E-state index >= 15 is 0 Å². The first-order chi connectivity index (χ1) is 12.7. The molecule has 3 rings (SSSR count). The fraction of sp³-hybridized carbons (Fsp3) is 0.476. The molecule has 0 bridgehead atoms. The monoisotopic (exact) mass is 370 g/mol. The van der Waals surface area contributed by atoms with Crippen LogP contribution in [0.15, 0.2) is 46.1 Å². The number of piperidine rings is 1. The lowest BCUT2D eigenvalue weighted by atomic mass is 9.98. The maximum atomic E-state index is 4.34. The molecule has 0 spiro atoms. The summed E-state index contributed by atoms with van der Waals surface area (Å²) in [5.74, 6) is 1.72. The van der Waals surface area contributed by atoms with Crippen molar-refractivity contribution in [1.82, 2.24) is 15.5 Å². The number of rotatable bonds is 6. The summed E-state index contributed by atoms with van der Waals surface area (Å²) in [5, 5.41) is 11.1. The molecule has 2 aromatic rings. The number of guanidine groups is 1. The summed E-state index contributed by atoms with van der Waals surface area (Å²) >= 11 is 1.72. The van der Waals surface area contributed by atoms with Crippen LogP contribution in [0.5, 0.6) is 0 Å². The molecule has 5 heteroatoms. The van der Waals surface area contributed by atoms with Crippen molar-refractivity contribution in [3.05, 3.63) is 57.8 Å². The van der Waals surface area contributed by atoms with Gasteiger partial charge < -0.3 is 10.6 Å². The van der Waals surface area contributed by atoms with Crippen LogP contribution in [-0.2, 0) is 19.6 Å². The number of thiophene rings is 1. The number of benzene rings is 1. The second-order valence-corrected chi connectivity index (χ2v) is 7.92. The van der Waals surface area contributed by atoms with Gasteiger partial charge in [-0.3, -0.25) is 9.89 Å². The molecular formula is C21H30N4S. The van der Waals surface area contributed by atoms with Gasteiger partial charge in [0, 0.05) is 26.7 Å². The van der Waals surface area contributed by atoms with Crippen LogP contribution in [0.25, 0.3) is 0 Å². The van der Waals surface area contributed by atoms with Gasteiger partial charge in [-0.25, -0.2) is 0 Å². The lowest BCUT2D eigenvalue weighted by molar-refractivity contribution is 0.185. The predicted octanol–water partition coefficient (Wildman–Crippen LogP) is 3.85. The van der Waals surface area contributed by atoms with Crippen molar-refractivity contribution in [2.75, 3.05) is 20.1 Å². The molecule has 0 aliphatic carbocycles. The van der Waals surface area contributed by atoms with E-state index in [0.717, 1.165) is 31.5 Å². The second kappa shape index (κ2) is 9.74. The Hall–Kier alpha value is -1.85. The van der Waals surface area contributed by atoms with Crippen molar-refractivity contribution in [1.29, 1.82) is 0 Å². The van der Waals surface area contributed by atoms with Crippen molar-refractivity contribution in [3.63, 3.8) is 0 Å². The smallest absolute Gasteiger partial charge is 0.191 e. The van der Waals surface area contributed by atoms with E-state index < -0.39 is 0 Å². The molecule has 1 saturated heterocycles. The van der Waals surface area contributed by atoms with Gasteiger partial charge in [-0.2, -0.15) is 11.3 Å². The number of hydrogen-bond donors (Lipinski definition) is 2. The highest BCUT2D eigenvalue weighted by Gasteiger charge is 2.16. The number of hydrogen-bond acceptors (Lipinski definition) is 3. The Bertz CT molecular complexity index is 688. The third kappa shape index (κ3) is 5.58. The van der Waals surface area contributed by atoms with E-state index in [-0.39, 0.29) is 0 Å². The van der Waals surface area contributed by atoms with E-state index in [9.17, 15) is 0 Å². The van der Waals surface area contributed by atoms with Gasteiger partial charge in [0.05, 0.1) is 0 Å². The van der Waals surface area contributed by atoms with E-state index in [1.165, 1.54) is 42.6 Å². The molecule has 26 heavy (non-hydrogen) atoms. The van der Waals surface area contributed by atoms with E-state index in [2.05, 4.69) is 68.5 Å². The van der Waals surface area contributed by atoms with Crippen LogP contribution in [0.3, 0.4) is 0 Å². The molecule has 1 aromatic heterocycles. The van der Waals surface area contributed by atoms with Crippen LogP contribution in [-0.4, -0.2) is 31.0 Å². The van der Waals surface area contributed by atoms with Gasteiger partial charge in [0.1, 0.15) is 0 Å². The third-order valence-electron chi connectivity index (χ3n) is 5.10. The summed E-state index contributed by atoms with van der Waals surface area (Å²) in [5.41, 5.74) is 4.06. The molecule has 0 atom stereocenters. The van der Waals surface area contributed by atoms with Gasteiger partial charge in [-0.1, -0.05) is 31.2 Å². The summed E-state index contributed by atoms with van der Waals surface area (Å²) in [6.07, 6.45) is 2.64. The van der Waals surface area contributed by atoms with Crippen LogP contribution in [0, 0.1) is 5.92 Å². The zero-order valence-electron chi connectivity index (χ0n) is 15.9. The summed E-state index contributed by atoms with van der Waals surface area (Å²) in [7, 11) is 1.82. The van der Waals surface area contributed by atoms with E-state index in [1.807, 2.05) is 7.05 Å². The molecule has 1 aliphatic heterocycles. The van der Waals surface area contributed by atoms with Crippen LogP contribution in [0.1, 0.15) is 36.5 Å². The molecule has 140 valence electrons. The lowest BCUT2D eigenvalue weighted by Crippen LogP contribution is -2.37. The molecule has 2 N–H and O–H groups in total. The van der Waals surface area contributed by atoms with Gasteiger partial charge in [-0.15, -0.1) is 0 Å². The third-order valence-corrected chi connectivity index (χ3v) is 5.83. The minimum Gasteiger partial charge on any atom is -0.352 e. The quantitative estimate of drug-likeness (QED) is 0.599. The molecule has 4 nitrogen and oxygen atoms in total. The Morgan fingerprint density at radius 2 is 1.85 bits per heavy atom. The number of nitrogens with one attached hydrogen (secondary N) is 2. The van der Waals surface area contributed by atoms with Gasteiger partial charge in [0.2, 0.25) is 0 Å². The van der Waals surface area contributed by atoms with Gasteiger partial charge in [0.25, 0.3) is 0 Å². The molecule has 2 heterocycles. The van der Waals surface area contributed by atoms with Crippen LogP contribution in [0.2, 0.25) is 0 Å². The maximum absolute atomic E-state index is 4.34. The van der Waals surface area contributed by atoms with Crippen molar-refractivity contribution in [2.24, 2.45) is 10.9 Å². The standard InChI is InChI=1S/C21H30N4S/c1-17-7-10-25(11-8-17)15-20-6-4-3-5-19(20)14-24-21(22-2)23-13-18-9-12-26-16-18/h3-6,9,12,16-17H,7-8,10-11,13-15H2,1-2H3,(H2,22,23,24). The first kappa shape index (κ1) is 18.9. The van der Waals surface area contributed by atoms with E-state index in [4.69, 9.17) is 0 Å². The van der Waals surface area contributed by atoms with Crippen LogP contribution >= 0.6 is 11.3 Å². The van der Waals surface area contributed by atoms with Crippen molar-refractivity contribution >= 4 is 17.3 Å². The van der Waals surface area contributed by atoms with Crippen LogP contribution in [0.4, 0.5) is 0 Å². The second-order valence-electron chi connectivity index (χ2n) is 7.14. The molecule has 0 amide bonds. The lowest BCUT2D eigenvalue weighted by Gasteiger charge is -2.30. The SMILES string of the molecule is CN=C(NCc1ccsc1)NCc1ccccc1CN1CCC(C)CC1. The normalized spacial score (nSPS) is 16.6. The molecule has 0 radical (unpaired) electrons. The number of nitrogens with zero attached hydrogens (tertiary/aromatic N) is 2. The molecule has 1 fully saturated rings. The highest BCUT2D eigenvalue weighted by molar-refractivity contribution is 7.07. The molecule has 1 aliphatic rings. The Kier molecular flexibility index (Phi) is 7.09. The largest absolute Gasteiger partial charge is 0.352 e. The Morgan fingerprint density at radius 3 is 2.54 bits per heavy atom. The maximum Gasteiger partial charge on any atom is 0.191 e. The summed E-state index contributed by atoms with van der Waals surface area (Å²) in [6, 6.07) is 10.9. The van der Waals surface area contributed by atoms with E-state index in [0.29, 0.717) is 0 Å². The topological polar surface area (TPSA) is 39.7 Å². The summed E-state index contributed by atoms with van der Waals surface area (Å²) in [4.78, 5) is 6.93. The average Bonchev–Trinajstić information content (AvgIpc) is 3.18. The van der Waals surface area contributed by atoms with Crippen molar-refractivity contribution in [2.45, 2.75) is 39.4 Å². The van der Waals surface area contributed by atoms with Crippen molar-refractivity contribution < 1.29 is 0 Å². The Balaban J connectivity index is 1.53. The predicted molar refractivity (Wildman–Crippen MR) is 111 cm³/mol. The van der Waals surface area contributed by atoms with E-state index in [1.54, 1.807) is 11.3 Å². The number of aliphatic imine (C=N–C) groups is 1. The fourth-order valence-electron chi connectivity index (χ4n) is 3.32. The molecule has 1 aromatic carbocycles. The fourth-order valence-corrected chi connectivity index (χ4v) is 3.99. The number of likely N-dealkylation sites (tertiary alicyclic amines) is 1. The average molecular weight is 371 g/mol. The van der Waals surface area contributed by atoms with Crippen LogP contribution < -0.4 is 10.6 Å². The van der Waals surface area contributed by atoms with Crippen molar-refractivity contribution in [3.8, 4) is 0 Å². The van der Waals surface area contributed by atoms with Gasteiger partial charge >= 0.3 is 0 Å². The minimum absolute atomic E-state index is 0.795. The Labute approximate surface area is 161 Å². The summed E-state index contributed by atoms with van der Waals surface area (Å²) < 4.78 is 0.